The molecule has 1 aromatic carbocycles. The number of aromatic nitrogens is 2. The van der Waals surface area contributed by atoms with Gasteiger partial charge in [0.25, 0.3) is 0 Å². The highest BCUT2D eigenvalue weighted by Gasteiger charge is 2.26. The van der Waals surface area contributed by atoms with E-state index in [2.05, 4.69) is 71.7 Å². The standard InChI is InChI=1S/C21H32N6.HI/c1-5-22-21(23-12-17-7-6-8-18(11-17)14-25(2)3)27-10-9-19(16-27)20-13-24-26(4)15-20;/h6-8,11,13,15,19H,5,9-10,12,14,16H2,1-4H3,(H,22,23);1H. The Kier molecular flexibility index (Phi) is 8.75. The van der Waals surface area contributed by atoms with E-state index in [1.54, 1.807) is 0 Å². The van der Waals surface area contributed by atoms with Crippen LogP contribution in [0.15, 0.2) is 41.7 Å². The molecule has 1 aliphatic heterocycles. The molecule has 2 aromatic rings. The molecule has 0 bridgehead atoms. The van der Waals surface area contributed by atoms with Gasteiger partial charge in [-0.2, -0.15) is 5.10 Å². The quantitative estimate of drug-likeness (QED) is 0.380. The minimum Gasteiger partial charge on any atom is -0.357 e. The molecule has 0 spiro atoms. The number of halogens is 1. The Morgan fingerprint density at radius 1 is 1.32 bits per heavy atom. The van der Waals surface area contributed by atoms with Crippen LogP contribution in [0.1, 0.15) is 36.0 Å². The molecule has 3 rings (SSSR count). The normalized spacial score (nSPS) is 17.1. The van der Waals surface area contributed by atoms with Gasteiger partial charge in [0.2, 0.25) is 0 Å². The van der Waals surface area contributed by atoms with Crippen molar-refractivity contribution in [3.63, 3.8) is 0 Å². The lowest BCUT2D eigenvalue weighted by atomic mass is 10.0. The highest BCUT2D eigenvalue weighted by Crippen LogP contribution is 2.26. The number of hydrogen-bond acceptors (Lipinski definition) is 3. The molecule has 28 heavy (non-hydrogen) atoms. The number of benzene rings is 1. The number of aryl methyl sites for hydroxylation is 1. The molecule has 0 saturated carbocycles. The Hall–Kier alpha value is -1.61. The summed E-state index contributed by atoms with van der Waals surface area (Å²) in [6.07, 6.45) is 5.28. The molecule has 6 nitrogen and oxygen atoms in total. The Balaban J connectivity index is 0.00000280. The van der Waals surface area contributed by atoms with Crippen LogP contribution in [0.25, 0.3) is 0 Å². The van der Waals surface area contributed by atoms with E-state index >= 15 is 0 Å². The van der Waals surface area contributed by atoms with E-state index in [1.165, 1.54) is 16.7 Å². The molecule has 0 aliphatic carbocycles. The average Bonchev–Trinajstić information content (AvgIpc) is 3.27. The first kappa shape index (κ1) is 22.7. The van der Waals surface area contributed by atoms with Crippen LogP contribution in [0.3, 0.4) is 0 Å². The summed E-state index contributed by atoms with van der Waals surface area (Å²) >= 11 is 0. The number of likely N-dealkylation sites (tertiary alicyclic amines) is 1. The summed E-state index contributed by atoms with van der Waals surface area (Å²) in [7, 11) is 6.17. The Labute approximate surface area is 186 Å². The van der Waals surface area contributed by atoms with Crippen LogP contribution in [-0.2, 0) is 20.1 Å². The maximum atomic E-state index is 4.92. The Morgan fingerprint density at radius 3 is 2.79 bits per heavy atom. The van der Waals surface area contributed by atoms with Crippen LogP contribution in [0.2, 0.25) is 0 Å². The van der Waals surface area contributed by atoms with E-state index in [-0.39, 0.29) is 24.0 Å². The predicted molar refractivity (Wildman–Crippen MR) is 126 cm³/mol. The molecular weight excluding hydrogens is 463 g/mol. The van der Waals surface area contributed by atoms with Crippen molar-refractivity contribution in [3.05, 3.63) is 53.3 Å². The van der Waals surface area contributed by atoms with E-state index < -0.39 is 0 Å². The first-order valence-corrected chi connectivity index (χ1v) is 9.79. The van der Waals surface area contributed by atoms with Gasteiger partial charge in [-0.25, -0.2) is 4.99 Å². The van der Waals surface area contributed by atoms with Crippen molar-refractivity contribution in [2.24, 2.45) is 12.0 Å². The first-order valence-electron chi connectivity index (χ1n) is 9.79. The van der Waals surface area contributed by atoms with Gasteiger partial charge in [0.05, 0.1) is 12.7 Å². The topological polar surface area (TPSA) is 48.7 Å². The van der Waals surface area contributed by atoms with Gasteiger partial charge in [0.1, 0.15) is 0 Å². The third kappa shape index (κ3) is 6.20. The second-order valence-corrected chi connectivity index (χ2v) is 7.61. The van der Waals surface area contributed by atoms with Crippen molar-refractivity contribution >= 4 is 29.9 Å². The number of guanidine groups is 1. The fraction of sp³-hybridized carbons (Fsp3) is 0.524. The minimum atomic E-state index is 0. The minimum absolute atomic E-state index is 0. The van der Waals surface area contributed by atoms with Gasteiger partial charge < -0.3 is 15.1 Å². The summed E-state index contributed by atoms with van der Waals surface area (Å²) in [5, 5.41) is 7.79. The van der Waals surface area contributed by atoms with Crippen LogP contribution in [0.4, 0.5) is 0 Å². The molecule has 1 unspecified atom stereocenters. The fourth-order valence-electron chi connectivity index (χ4n) is 3.66. The smallest absolute Gasteiger partial charge is 0.194 e. The molecular formula is C21H33IN6. The van der Waals surface area contributed by atoms with Gasteiger partial charge in [-0.05, 0) is 44.1 Å². The Bertz CT molecular complexity index is 770. The van der Waals surface area contributed by atoms with Crippen molar-refractivity contribution in [1.82, 2.24) is 24.9 Å². The van der Waals surface area contributed by atoms with E-state index in [1.807, 2.05) is 17.9 Å². The summed E-state index contributed by atoms with van der Waals surface area (Å²) in [5.74, 6) is 1.55. The summed E-state index contributed by atoms with van der Waals surface area (Å²) < 4.78 is 1.89. The summed E-state index contributed by atoms with van der Waals surface area (Å²) in [5.41, 5.74) is 3.91. The maximum absolute atomic E-state index is 4.92. The lowest BCUT2D eigenvalue weighted by molar-refractivity contribution is 0.402. The van der Waals surface area contributed by atoms with Crippen LogP contribution in [0, 0.1) is 0 Å². The molecule has 7 heteroatoms. The monoisotopic (exact) mass is 496 g/mol. The second-order valence-electron chi connectivity index (χ2n) is 7.61. The highest BCUT2D eigenvalue weighted by molar-refractivity contribution is 14.0. The summed E-state index contributed by atoms with van der Waals surface area (Å²) in [4.78, 5) is 9.49. The number of hydrogen-bond donors (Lipinski definition) is 1. The molecule has 1 saturated heterocycles. The lowest BCUT2D eigenvalue weighted by Gasteiger charge is -2.21. The van der Waals surface area contributed by atoms with Gasteiger partial charge >= 0.3 is 0 Å². The first-order chi connectivity index (χ1) is 13.0. The molecule has 1 N–H and O–H groups in total. The number of aliphatic imine (C=N–C) groups is 1. The van der Waals surface area contributed by atoms with Crippen LogP contribution in [0.5, 0.6) is 0 Å². The van der Waals surface area contributed by atoms with Gasteiger partial charge in [0.15, 0.2) is 5.96 Å². The number of rotatable bonds is 6. The molecule has 1 aromatic heterocycles. The van der Waals surface area contributed by atoms with Crippen LogP contribution in [-0.4, -0.2) is 59.3 Å². The average molecular weight is 496 g/mol. The molecule has 1 fully saturated rings. The Morgan fingerprint density at radius 2 is 2.11 bits per heavy atom. The van der Waals surface area contributed by atoms with Gasteiger partial charge in [-0.15, -0.1) is 24.0 Å². The summed E-state index contributed by atoms with van der Waals surface area (Å²) in [6.45, 7) is 6.70. The molecule has 0 amide bonds. The fourth-order valence-corrected chi connectivity index (χ4v) is 3.66. The van der Waals surface area contributed by atoms with Gasteiger partial charge in [0, 0.05) is 45.3 Å². The van der Waals surface area contributed by atoms with Crippen molar-refractivity contribution < 1.29 is 0 Å². The highest BCUT2D eigenvalue weighted by atomic mass is 127. The van der Waals surface area contributed by atoms with Crippen LogP contribution < -0.4 is 5.32 Å². The van der Waals surface area contributed by atoms with E-state index in [0.717, 1.165) is 38.6 Å². The molecule has 0 radical (unpaired) electrons. The van der Waals surface area contributed by atoms with Crippen LogP contribution >= 0.6 is 24.0 Å². The third-order valence-corrected chi connectivity index (χ3v) is 4.92. The van der Waals surface area contributed by atoms with Gasteiger partial charge in [-0.3, -0.25) is 4.68 Å². The molecule has 1 aliphatic rings. The zero-order valence-corrected chi connectivity index (χ0v) is 19.8. The molecule has 1 atom stereocenters. The molecule has 2 heterocycles. The largest absolute Gasteiger partial charge is 0.357 e. The predicted octanol–water partition coefficient (Wildman–Crippen LogP) is 3.05. The van der Waals surface area contributed by atoms with E-state index in [9.17, 15) is 0 Å². The van der Waals surface area contributed by atoms with Crippen molar-refractivity contribution in [3.8, 4) is 0 Å². The SMILES string of the molecule is CCNC(=NCc1cccc(CN(C)C)c1)N1CCC(c2cnn(C)c2)C1.I. The summed E-state index contributed by atoms with van der Waals surface area (Å²) in [6, 6.07) is 8.73. The number of nitrogens with one attached hydrogen (secondary N) is 1. The van der Waals surface area contributed by atoms with E-state index in [0.29, 0.717) is 12.5 Å². The third-order valence-electron chi connectivity index (χ3n) is 4.92. The zero-order valence-electron chi connectivity index (χ0n) is 17.4. The zero-order chi connectivity index (χ0) is 19.2. The second kappa shape index (κ2) is 10.8. The van der Waals surface area contributed by atoms with Crippen molar-refractivity contribution in [1.29, 1.82) is 0 Å². The van der Waals surface area contributed by atoms with E-state index in [4.69, 9.17) is 4.99 Å². The molecule has 154 valence electrons. The maximum Gasteiger partial charge on any atom is 0.194 e. The lowest BCUT2D eigenvalue weighted by Crippen LogP contribution is -2.40. The number of nitrogens with zero attached hydrogens (tertiary/aromatic N) is 5. The van der Waals surface area contributed by atoms with Crippen molar-refractivity contribution in [2.45, 2.75) is 32.4 Å². The van der Waals surface area contributed by atoms with Gasteiger partial charge in [-0.1, -0.05) is 24.3 Å². The van der Waals surface area contributed by atoms with Crippen molar-refractivity contribution in [2.75, 3.05) is 33.7 Å².